The van der Waals surface area contributed by atoms with Gasteiger partial charge in [-0.25, -0.2) is 4.79 Å². The van der Waals surface area contributed by atoms with Crippen LogP contribution in [0.2, 0.25) is 0 Å². The van der Waals surface area contributed by atoms with Crippen molar-refractivity contribution in [2.45, 2.75) is 78.1 Å². The van der Waals surface area contributed by atoms with Crippen LogP contribution >= 0.6 is 0 Å². The summed E-state index contributed by atoms with van der Waals surface area (Å²) >= 11 is 0. The SMILES string of the molecule is C=CCN(C(=O)C(Cc1ccccc1)NC(=O)OC(C)(C)C)C(C(=O)NC(C)(C)C)c1cccc(C)c1O. The van der Waals surface area contributed by atoms with Gasteiger partial charge in [0, 0.05) is 24.1 Å². The Morgan fingerprint density at radius 2 is 1.66 bits per heavy atom. The number of phenolic OH excluding ortho intramolecular Hbond substituents is 1. The fourth-order valence-corrected chi connectivity index (χ4v) is 3.95. The van der Waals surface area contributed by atoms with Gasteiger partial charge in [-0.2, -0.15) is 0 Å². The molecule has 0 spiro atoms. The minimum atomic E-state index is -1.18. The lowest BCUT2D eigenvalue weighted by molar-refractivity contribution is -0.142. The second kappa shape index (κ2) is 12.6. The monoisotopic (exact) mass is 523 g/mol. The van der Waals surface area contributed by atoms with E-state index in [-0.39, 0.29) is 24.3 Å². The van der Waals surface area contributed by atoms with E-state index in [2.05, 4.69) is 17.2 Å². The predicted molar refractivity (Wildman–Crippen MR) is 149 cm³/mol. The van der Waals surface area contributed by atoms with Gasteiger partial charge in [0.2, 0.25) is 11.8 Å². The molecule has 8 heteroatoms. The first kappa shape index (κ1) is 30.4. The molecule has 0 heterocycles. The third-order valence-corrected chi connectivity index (χ3v) is 5.50. The molecule has 206 valence electrons. The maximum Gasteiger partial charge on any atom is 0.408 e. The van der Waals surface area contributed by atoms with Gasteiger partial charge in [0.25, 0.3) is 0 Å². The quantitative estimate of drug-likeness (QED) is 0.409. The Kier molecular flexibility index (Phi) is 10.1. The summed E-state index contributed by atoms with van der Waals surface area (Å²) in [6.45, 7) is 16.2. The number of hydrogen-bond donors (Lipinski definition) is 3. The molecule has 8 nitrogen and oxygen atoms in total. The Labute approximate surface area is 226 Å². The van der Waals surface area contributed by atoms with Crippen molar-refractivity contribution in [3.8, 4) is 5.75 Å². The Morgan fingerprint density at radius 1 is 1.03 bits per heavy atom. The van der Waals surface area contributed by atoms with Gasteiger partial charge in [0.05, 0.1) is 0 Å². The van der Waals surface area contributed by atoms with Crippen molar-refractivity contribution in [1.82, 2.24) is 15.5 Å². The average Bonchev–Trinajstić information content (AvgIpc) is 2.79. The Balaban J connectivity index is 2.59. The summed E-state index contributed by atoms with van der Waals surface area (Å²) in [5.41, 5.74) is 0.283. The molecule has 0 bridgehead atoms. The van der Waals surface area contributed by atoms with E-state index in [0.717, 1.165) is 5.56 Å². The lowest BCUT2D eigenvalue weighted by Crippen LogP contribution is -2.55. The molecule has 0 saturated carbocycles. The molecule has 3 amide bonds. The Hall–Kier alpha value is -3.81. The van der Waals surface area contributed by atoms with Crippen molar-refractivity contribution >= 4 is 17.9 Å². The average molecular weight is 524 g/mol. The zero-order valence-electron chi connectivity index (χ0n) is 23.5. The molecule has 2 aromatic rings. The second-order valence-electron chi connectivity index (χ2n) is 11.3. The van der Waals surface area contributed by atoms with E-state index in [1.54, 1.807) is 45.9 Å². The molecular weight excluding hydrogens is 482 g/mol. The number of nitrogens with zero attached hydrogens (tertiary/aromatic N) is 1. The number of rotatable bonds is 9. The second-order valence-corrected chi connectivity index (χ2v) is 11.3. The molecule has 0 fully saturated rings. The molecule has 3 N–H and O–H groups in total. The third-order valence-electron chi connectivity index (χ3n) is 5.50. The smallest absolute Gasteiger partial charge is 0.408 e. The van der Waals surface area contributed by atoms with Gasteiger partial charge in [-0.05, 0) is 59.6 Å². The molecule has 2 rings (SSSR count). The van der Waals surface area contributed by atoms with E-state index in [0.29, 0.717) is 5.56 Å². The summed E-state index contributed by atoms with van der Waals surface area (Å²) in [6, 6.07) is 12.1. The van der Waals surface area contributed by atoms with Gasteiger partial charge in [0.1, 0.15) is 23.4 Å². The minimum absolute atomic E-state index is 0.00423. The van der Waals surface area contributed by atoms with Crippen molar-refractivity contribution in [2.75, 3.05) is 6.54 Å². The van der Waals surface area contributed by atoms with Crippen molar-refractivity contribution in [1.29, 1.82) is 0 Å². The van der Waals surface area contributed by atoms with Crippen LogP contribution in [-0.4, -0.2) is 51.6 Å². The number of alkyl carbamates (subject to hydrolysis) is 1. The summed E-state index contributed by atoms with van der Waals surface area (Å²) in [6.07, 6.45) is 0.925. The van der Waals surface area contributed by atoms with Crippen molar-refractivity contribution in [2.24, 2.45) is 0 Å². The van der Waals surface area contributed by atoms with Gasteiger partial charge in [0.15, 0.2) is 0 Å². The molecular formula is C30H41N3O5. The molecule has 0 radical (unpaired) electrons. The number of para-hydroxylation sites is 1. The van der Waals surface area contributed by atoms with Crippen LogP contribution in [0.5, 0.6) is 5.75 Å². The van der Waals surface area contributed by atoms with Crippen LogP contribution in [0, 0.1) is 6.92 Å². The summed E-state index contributed by atoms with van der Waals surface area (Å²) in [4.78, 5) is 41.9. The normalized spacial score (nSPS) is 13.1. The van der Waals surface area contributed by atoms with Crippen LogP contribution in [0.3, 0.4) is 0 Å². The summed E-state index contributed by atoms with van der Waals surface area (Å²) in [5.74, 6) is -1.07. The fourth-order valence-electron chi connectivity index (χ4n) is 3.95. The predicted octanol–water partition coefficient (Wildman–Crippen LogP) is 4.81. The Bertz CT molecular complexity index is 1130. The number of carbonyl (C=O) groups excluding carboxylic acids is 3. The van der Waals surface area contributed by atoms with Crippen molar-refractivity contribution in [3.63, 3.8) is 0 Å². The zero-order valence-corrected chi connectivity index (χ0v) is 23.5. The van der Waals surface area contributed by atoms with Gasteiger partial charge < -0.3 is 25.4 Å². The molecule has 0 aliphatic heterocycles. The molecule has 2 aromatic carbocycles. The highest BCUT2D eigenvalue weighted by molar-refractivity contribution is 5.93. The molecule has 0 saturated heterocycles. The van der Waals surface area contributed by atoms with Crippen LogP contribution in [0.1, 0.15) is 64.3 Å². The lowest BCUT2D eigenvalue weighted by atomic mass is 9.97. The van der Waals surface area contributed by atoms with Crippen LogP contribution < -0.4 is 10.6 Å². The standard InChI is InChI=1S/C30H41N3O5/c1-9-18-33(24(26(35)32-29(3,4)5)22-17-13-14-20(2)25(22)34)27(36)23(19-21-15-11-10-12-16-21)31-28(37)38-30(6,7)8/h9-17,23-24,34H,1,18-19H2,2-8H3,(H,31,37)(H,32,35). The minimum Gasteiger partial charge on any atom is -0.507 e. The van der Waals surface area contributed by atoms with Crippen LogP contribution in [-0.2, 0) is 20.7 Å². The molecule has 0 aliphatic carbocycles. The van der Waals surface area contributed by atoms with Crippen LogP contribution in [0.15, 0.2) is 61.2 Å². The first-order valence-electron chi connectivity index (χ1n) is 12.7. The number of hydrogen-bond acceptors (Lipinski definition) is 5. The fraction of sp³-hybridized carbons (Fsp3) is 0.433. The first-order valence-corrected chi connectivity index (χ1v) is 12.7. The zero-order chi connectivity index (χ0) is 28.7. The van der Waals surface area contributed by atoms with E-state index < -0.39 is 41.1 Å². The topological polar surface area (TPSA) is 108 Å². The number of aromatic hydroxyl groups is 1. The number of nitrogens with one attached hydrogen (secondary N) is 2. The van der Waals surface area contributed by atoms with Crippen molar-refractivity contribution < 1.29 is 24.2 Å². The number of aryl methyl sites for hydroxylation is 1. The van der Waals surface area contributed by atoms with E-state index in [4.69, 9.17) is 4.74 Å². The van der Waals surface area contributed by atoms with Gasteiger partial charge in [-0.15, -0.1) is 6.58 Å². The van der Waals surface area contributed by atoms with Gasteiger partial charge in [-0.1, -0.05) is 54.6 Å². The number of phenols is 1. The molecule has 2 atom stereocenters. The highest BCUT2D eigenvalue weighted by atomic mass is 16.6. The maximum absolute atomic E-state index is 14.2. The molecule has 0 aromatic heterocycles. The molecule has 38 heavy (non-hydrogen) atoms. The summed E-state index contributed by atoms with van der Waals surface area (Å²) < 4.78 is 5.43. The maximum atomic E-state index is 14.2. The molecule has 2 unspecified atom stereocenters. The van der Waals surface area contributed by atoms with Gasteiger partial charge in [-0.3, -0.25) is 9.59 Å². The van der Waals surface area contributed by atoms with E-state index in [1.165, 1.54) is 11.0 Å². The molecule has 0 aliphatic rings. The Morgan fingerprint density at radius 3 is 2.21 bits per heavy atom. The van der Waals surface area contributed by atoms with E-state index in [1.807, 2.05) is 51.1 Å². The highest BCUT2D eigenvalue weighted by Gasteiger charge is 2.38. The number of benzene rings is 2. The van der Waals surface area contributed by atoms with Crippen LogP contribution in [0.25, 0.3) is 0 Å². The number of ether oxygens (including phenoxy) is 1. The highest BCUT2D eigenvalue weighted by Crippen LogP contribution is 2.33. The van der Waals surface area contributed by atoms with Crippen LogP contribution in [0.4, 0.5) is 4.79 Å². The third kappa shape index (κ3) is 8.94. The largest absolute Gasteiger partial charge is 0.507 e. The van der Waals surface area contributed by atoms with E-state index in [9.17, 15) is 19.5 Å². The van der Waals surface area contributed by atoms with Crippen molar-refractivity contribution in [3.05, 3.63) is 77.9 Å². The number of amides is 3. The summed E-state index contributed by atoms with van der Waals surface area (Å²) in [5, 5.41) is 16.6. The van der Waals surface area contributed by atoms with Gasteiger partial charge >= 0.3 is 6.09 Å². The lowest BCUT2D eigenvalue weighted by Gasteiger charge is -2.35. The summed E-state index contributed by atoms with van der Waals surface area (Å²) in [7, 11) is 0. The van der Waals surface area contributed by atoms with E-state index >= 15 is 0 Å². The first-order chi connectivity index (χ1) is 17.6. The number of carbonyl (C=O) groups is 3.